The Balaban J connectivity index is 1.77. The number of hydrogen-bond donors (Lipinski definition) is 0. The van der Waals surface area contributed by atoms with Gasteiger partial charge in [-0.05, 0) is 35.4 Å². The number of amides is 2. The first-order valence-corrected chi connectivity index (χ1v) is 9.68. The van der Waals surface area contributed by atoms with Gasteiger partial charge in [-0.15, -0.1) is 0 Å². The van der Waals surface area contributed by atoms with E-state index in [0.29, 0.717) is 54.6 Å². The Kier molecular flexibility index (Phi) is 5.67. The van der Waals surface area contributed by atoms with Crippen molar-refractivity contribution in [1.82, 2.24) is 14.8 Å². The molecule has 4 rings (SSSR count). The average Bonchev–Trinajstić information content (AvgIpc) is 3.04. The molecule has 156 valence electrons. The minimum atomic E-state index is -0.328. The van der Waals surface area contributed by atoms with Gasteiger partial charge in [0, 0.05) is 25.5 Å². The molecule has 30 heavy (non-hydrogen) atoms. The smallest absolute Gasteiger partial charge is 0.278 e. The third-order valence-corrected chi connectivity index (χ3v) is 5.23. The zero-order valence-electron chi connectivity index (χ0n) is 17.0. The van der Waals surface area contributed by atoms with Gasteiger partial charge in [-0.25, -0.2) is 0 Å². The Bertz CT molecular complexity index is 984. The highest BCUT2D eigenvalue weighted by atomic mass is 16.5. The second-order valence-corrected chi connectivity index (χ2v) is 6.94. The Morgan fingerprint density at radius 1 is 0.967 bits per heavy atom. The fraction of sp³-hybridized carbons (Fsp3) is 0.318. The summed E-state index contributed by atoms with van der Waals surface area (Å²) in [4.78, 5) is 34.0. The summed E-state index contributed by atoms with van der Waals surface area (Å²) in [6.45, 7) is 2.30. The van der Waals surface area contributed by atoms with Crippen molar-refractivity contribution in [2.24, 2.45) is 0 Å². The topological polar surface area (TPSA) is 81.2 Å². The van der Waals surface area contributed by atoms with Crippen LogP contribution in [0.3, 0.4) is 0 Å². The van der Waals surface area contributed by atoms with Crippen LogP contribution in [-0.2, 0) is 20.9 Å². The Morgan fingerprint density at radius 3 is 2.33 bits per heavy atom. The molecule has 0 spiro atoms. The predicted octanol–water partition coefficient (Wildman–Crippen LogP) is 1.71. The summed E-state index contributed by atoms with van der Waals surface area (Å²) < 4.78 is 16.1. The zero-order chi connectivity index (χ0) is 21.1. The van der Waals surface area contributed by atoms with E-state index < -0.39 is 0 Å². The molecule has 0 bridgehead atoms. The SMILES string of the molecule is COc1ccc(C2=C(N3CCOCC3)C(=O)N(Cc3ccncc3)C2=O)cc1OC. The van der Waals surface area contributed by atoms with Gasteiger partial charge >= 0.3 is 0 Å². The second kappa shape index (κ2) is 8.54. The number of carbonyl (C=O) groups excluding carboxylic acids is 2. The number of pyridine rings is 1. The molecule has 2 aliphatic rings. The molecule has 8 nitrogen and oxygen atoms in total. The second-order valence-electron chi connectivity index (χ2n) is 6.94. The molecule has 0 radical (unpaired) electrons. The van der Waals surface area contributed by atoms with Crippen LogP contribution in [0.4, 0.5) is 0 Å². The average molecular weight is 409 g/mol. The first-order chi connectivity index (χ1) is 14.6. The molecule has 0 aliphatic carbocycles. The number of aromatic nitrogens is 1. The third-order valence-electron chi connectivity index (χ3n) is 5.23. The summed E-state index contributed by atoms with van der Waals surface area (Å²) in [6.07, 6.45) is 3.29. The standard InChI is InChI=1S/C22H23N3O5/c1-28-17-4-3-16(13-18(17)29-2)19-20(24-9-11-30-12-10-24)22(27)25(21(19)26)14-15-5-7-23-8-6-15/h3-8,13H,9-12,14H2,1-2H3. The maximum atomic E-state index is 13.4. The monoisotopic (exact) mass is 409 g/mol. The number of ether oxygens (including phenoxy) is 3. The van der Waals surface area contributed by atoms with Crippen LogP contribution in [0.5, 0.6) is 11.5 Å². The summed E-state index contributed by atoms with van der Waals surface area (Å²) in [5.41, 5.74) is 2.23. The van der Waals surface area contributed by atoms with Crippen LogP contribution >= 0.6 is 0 Å². The van der Waals surface area contributed by atoms with Gasteiger partial charge in [0.1, 0.15) is 5.70 Å². The number of nitrogens with zero attached hydrogens (tertiary/aromatic N) is 3. The molecule has 0 atom stereocenters. The van der Waals surface area contributed by atoms with Crippen LogP contribution in [0, 0.1) is 0 Å². The van der Waals surface area contributed by atoms with Crippen molar-refractivity contribution in [3.05, 3.63) is 59.5 Å². The van der Waals surface area contributed by atoms with Crippen LogP contribution in [0.15, 0.2) is 48.4 Å². The quantitative estimate of drug-likeness (QED) is 0.672. The van der Waals surface area contributed by atoms with Crippen molar-refractivity contribution in [3.8, 4) is 11.5 Å². The van der Waals surface area contributed by atoms with Crippen molar-refractivity contribution in [2.75, 3.05) is 40.5 Å². The van der Waals surface area contributed by atoms with E-state index >= 15 is 0 Å². The first-order valence-electron chi connectivity index (χ1n) is 9.68. The number of carbonyl (C=O) groups is 2. The lowest BCUT2D eigenvalue weighted by Gasteiger charge is -2.29. The van der Waals surface area contributed by atoms with Gasteiger partial charge in [-0.2, -0.15) is 0 Å². The number of rotatable bonds is 6. The summed E-state index contributed by atoms with van der Waals surface area (Å²) in [7, 11) is 3.09. The highest BCUT2D eigenvalue weighted by Crippen LogP contribution is 2.37. The summed E-state index contributed by atoms with van der Waals surface area (Å²) in [6, 6.07) is 8.84. The van der Waals surface area contributed by atoms with Gasteiger partial charge in [-0.1, -0.05) is 6.07 Å². The van der Waals surface area contributed by atoms with Crippen LogP contribution < -0.4 is 9.47 Å². The number of methoxy groups -OCH3 is 2. The Labute approximate surface area is 174 Å². The summed E-state index contributed by atoms with van der Waals surface area (Å²) in [5, 5.41) is 0. The number of hydrogen-bond acceptors (Lipinski definition) is 7. The van der Waals surface area contributed by atoms with Crippen LogP contribution in [0.2, 0.25) is 0 Å². The summed E-state index contributed by atoms with van der Waals surface area (Å²) in [5.74, 6) is 0.422. The summed E-state index contributed by atoms with van der Waals surface area (Å²) >= 11 is 0. The van der Waals surface area contributed by atoms with Crippen molar-refractivity contribution < 1.29 is 23.8 Å². The normalized spacial score (nSPS) is 17.0. The minimum absolute atomic E-state index is 0.185. The molecule has 8 heteroatoms. The molecule has 1 fully saturated rings. The number of imide groups is 1. The van der Waals surface area contributed by atoms with E-state index in [1.165, 1.54) is 12.0 Å². The van der Waals surface area contributed by atoms with Gasteiger partial charge in [0.25, 0.3) is 11.8 Å². The lowest BCUT2D eigenvalue weighted by molar-refractivity contribution is -0.138. The largest absolute Gasteiger partial charge is 0.493 e. The van der Waals surface area contributed by atoms with E-state index in [-0.39, 0.29) is 18.4 Å². The van der Waals surface area contributed by atoms with Gasteiger partial charge in [-0.3, -0.25) is 19.5 Å². The highest BCUT2D eigenvalue weighted by molar-refractivity contribution is 6.35. The molecule has 1 saturated heterocycles. The maximum Gasteiger partial charge on any atom is 0.278 e. The van der Waals surface area contributed by atoms with Crippen LogP contribution in [-0.4, -0.2) is 67.1 Å². The molecule has 2 aromatic rings. The van der Waals surface area contributed by atoms with Gasteiger partial charge in [0.2, 0.25) is 0 Å². The molecular formula is C22H23N3O5. The lowest BCUT2D eigenvalue weighted by Crippen LogP contribution is -2.40. The Hall–Kier alpha value is -3.39. The third kappa shape index (κ3) is 3.61. The van der Waals surface area contributed by atoms with Crippen molar-refractivity contribution in [3.63, 3.8) is 0 Å². The molecule has 2 amide bonds. The van der Waals surface area contributed by atoms with E-state index in [1.54, 1.807) is 49.8 Å². The van der Waals surface area contributed by atoms with Gasteiger partial charge in [0.05, 0.1) is 39.6 Å². The van der Waals surface area contributed by atoms with E-state index in [9.17, 15) is 9.59 Å². The number of benzene rings is 1. The Morgan fingerprint density at radius 2 is 1.67 bits per heavy atom. The lowest BCUT2D eigenvalue weighted by atomic mass is 10.0. The zero-order valence-corrected chi connectivity index (χ0v) is 17.0. The van der Waals surface area contributed by atoms with Gasteiger partial charge in [0.15, 0.2) is 11.5 Å². The molecule has 3 heterocycles. The molecule has 0 saturated carbocycles. The first kappa shape index (κ1) is 19.9. The molecule has 1 aromatic heterocycles. The van der Waals surface area contributed by atoms with Crippen molar-refractivity contribution in [2.45, 2.75) is 6.54 Å². The molecule has 1 aromatic carbocycles. The predicted molar refractivity (Wildman–Crippen MR) is 109 cm³/mol. The molecular weight excluding hydrogens is 386 g/mol. The minimum Gasteiger partial charge on any atom is -0.493 e. The van der Waals surface area contributed by atoms with Crippen LogP contribution in [0.1, 0.15) is 11.1 Å². The molecule has 0 unspecified atom stereocenters. The maximum absolute atomic E-state index is 13.4. The highest BCUT2D eigenvalue weighted by Gasteiger charge is 2.42. The fourth-order valence-electron chi connectivity index (χ4n) is 3.71. The molecule has 2 aliphatic heterocycles. The van der Waals surface area contributed by atoms with E-state index in [1.807, 2.05) is 4.90 Å². The fourth-order valence-corrected chi connectivity index (χ4v) is 3.71. The van der Waals surface area contributed by atoms with Crippen molar-refractivity contribution >= 4 is 17.4 Å². The van der Waals surface area contributed by atoms with E-state index in [4.69, 9.17) is 14.2 Å². The number of morpholine rings is 1. The van der Waals surface area contributed by atoms with Crippen LogP contribution in [0.25, 0.3) is 5.57 Å². The molecule has 0 N–H and O–H groups in total. The van der Waals surface area contributed by atoms with E-state index in [2.05, 4.69) is 4.98 Å². The van der Waals surface area contributed by atoms with Gasteiger partial charge < -0.3 is 19.1 Å². The van der Waals surface area contributed by atoms with E-state index in [0.717, 1.165) is 5.56 Å². The van der Waals surface area contributed by atoms with Crippen molar-refractivity contribution in [1.29, 1.82) is 0 Å².